The van der Waals surface area contributed by atoms with E-state index in [1.165, 1.54) is 5.56 Å². The molecule has 0 unspecified atom stereocenters. The molecule has 0 saturated carbocycles. The Morgan fingerprint density at radius 2 is 1.83 bits per heavy atom. The Labute approximate surface area is 214 Å². The molecule has 0 bridgehead atoms. The van der Waals surface area contributed by atoms with E-state index in [0.29, 0.717) is 19.8 Å². The van der Waals surface area contributed by atoms with Crippen molar-refractivity contribution in [3.8, 4) is 17.0 Å². The summed E-state index contributed by atoms with van der Waals surface area (Å²) < 4.78 is 13.0. The second-order valence-corrected chi connectivity index (χ2v) is 9.65. The van der Waals surface area contributed by atoms with Crippen LogP contribution in [0, 0.1) is 0 Å². The van der Waals surface area contributed by atoms with E-state index in [-0.39, 0.29) is 0 Å². The minimum Gasteiger partial charge on any atom is -0.491 e. The Morgan fingerprint density at radius 1 is 1.00 bits per heavy atom. The number of hydrogen-bond acceptors (Lipinski definition) is 6. The molecule has 0 amide bonds. The van der Waals surface area contributed by atoms with E-state index in [1.54, 1.807) is 6.20 Å². The topological polar surface area (TPSA) is 66.5 Å². The van der Waals surface area contributed by atoms with Crippen LogP contribution in [0.2, 0.25) is 0 Å². The van der Waals surface area contributed by atoms with Gasteiger partial charge in [0.2, 0.25) is 0 Å². The van der Waals surface area contributed by atoms with Gasteiger partial charge in [0, 0.05) is 43.5 Å². The van der Waals surface area contributed by atoms with Crippen LogP contribution in [0.15, 0.2) is 65.4 Å². The summed E-state index contributed by atoms with van der Waals surface area (Å²) in [6.07, 6.45) is 2.62. The maximum Gasteiger partial charge on any atom is 0.143 e. The maximum absolute atomic E-state index is 6.35. The molecule has 1 fully saturated rings. The normalized spacial score (nSPS) is 14.5. The molecule has 5 rings (SSSR count). The number of H-pyrrole nitrogens is 1. The zero-order valence-corrected chi connectivity index (χ0v) is 21.5. The monoisotopic (exact) mass is 535 g/mol. The van der Waals surface area contributed by atoms with Crippen molar-refractivity contribution >= 4 is 32.5 Å². The van der Waals surface area contributed by atoms with Crippen LogP contribution in [0.25, 0.3) is 22.2 Å². The van der Waals surface area contributed by atoms with Crippen molar-refractivity contribution in [3.05, 3.63) is 71.0 Å². The van der Waals surface area contributed by atoms with E-state index in [9.17, 15) is 0 Å². The molecular weight excluding hydrogens is 506 g/mol. The van der Waals surface area contributed by atoms with Crippen LogP contribution in [0.5, 0.6) is 5.75 Å². The molecule has 182 valence electrons. The zero-order valence-electron chi connectivity index (χ0n) is 19.9. The molecule has 0 atom stereocenters. The molecular formula is C27H30BrN5O2. The lowest BCUT2D eigenvalue weighted by Crippen LogP contribution is -2.44. The molecule has 1 aliphatic rings. The number of nitrogens with zero attached hydrogens (tertiary/aromatic N) is 4. The van der Waals surface area contributed by atoms with E-state index in [1.807, 2.05) is 24.3 Å². The van der Waals surface area contributed by atoms with Gasteiger partial charge in [-0.25, -0.2) is 4.98 Å². The zero-order chi connectivity index (χ0) is 24.0. The summed E-state index contributed by atoms with van der Waals surface area (Å²) in [4.78, 5) is 9.07. The van der Waals surface area contributed by atoms with Crippen molar-refractivity contribution in [2.75, 3.05) is 51.3 Å². The fourth-order valence-corrected chi connectivity index (χ4v) is 4.64. The molecule has 1 aliphatic heterocycles. The molecule has 0 spiro atoms. The van der Waals surface area contributed by atoms with Crippen LogP contribution in [0.4, 0.5) is 5.69 Å². The first-order valence-electron chi connectivity index (χ1n) is 12.0. The Hall–Kier alpha value is -2.94. The first-order chi connectivity index (χ1) is 17.2. The van der Waals surface area contributed by atoms with Gasteiger partial charge in [-0.3, -0.25) is 5.10 Å². The molecule has 8 heteroatoms. The second-order valence-electron chi connectivity index (χ2n) is 8.84. The van der Waals surface area contributed by atoms with Crippen molar-refractivity contribution in [2.24, 2.45) is 0 Å². The summed E-state index contributed by atoms with van der Waals surface area (Å²) in [5, 5.41) is 8.68. The summed E-state index contributed by atoms with van der Waals surface area (Å²) in [7, 11) is 2.17. The lowest BCUT2D eigenvalue weighted by atomic mass is 10.1. The maximum atomic E-state index is 6.35. The second kappa shape index (κ2) is 11.2. The summed E-state index contributed by atoms with van der Waals surface area (Å²) in [5.74, 6) is 0.888. The third kappa shape index (κ3) is 5.83. The number of aromatic amines is 1. The Balaban J connectivity index is 1.30. The van der Waals surface area contributed by atoms with Gasteiger partial charge >= 0.3 is 0 Å². The summed E-state index contributed by atoms with van der Waals surface area (Å²) in [6.45, 7) is 5.92. The number of piperazine rings is 1. The first kappa shape index (κ1) is 23.8. The number of hydrogen-bond donors (Lipinski definition) is 1. The minimum absolute atomic E-state index is 0.593. The highest BCUT2D eigenvalue weighted by Crippen LogP contribution is 2.36. The predicted octanol–water partition coefficient (Wildman–Crippen LogP) is 5.12. The summed E-state index contributed by atoms with van der Waals surface area (Å²) in [6, 6.07) is 18.7. The molecule has 0 radical (unpaired) electrons. The van der Waals surface area contributed by atoms with Gasteiger partial charge in [-0.1, -0.05) is 36.4 Å². The van der Waals surface area contributed by atoms with E-state index in [4.69, 9.17) is 9.47 Å². The van der Waals surface area contributed by atoms with Gasteiger partial charge in [0.15, 0.2) is 0 Å². The van der Waals surface area contributed by atoms with Crippen LogP contribution in [0.3, 0.4) is 0 Å². The van der Waals surface area contributed by atoms with Gasteiger partial charge in [-0.15, -0.1) is 0 Å². The van der Waals surface area contributed by atoms with Crippen LogP contribution in [-0.4, -0.2) is 66.5 Å². The fourth-order valence-electron chi connectivity index (χ4n) is 4.30. The lowest BCUT2D eigenvalue weighted by Gasteiger charge is -2.35. The predicted molar refractivity (Wildman–Crippen MR) is 143 cm³/mol. The van der Waals surface area contributed by atoms with Gasteiger partial charge in [0.1, 0.15) is 16.0 Å². The molecule has 35 heavy (non-hydrogen) atoms. The average molecular weight is 536 g/mol. The lowest BCUT2D eigenvalue weighted by molar-refractivity contribution is 0.107. The number of pyridine rings is 1. The van der Waals surface area contributed by atoms with Crippen LogP contribution >= 0.6 is 15.9 Å². The Bertz CT molecular complexity index is 1260. The Kier molecular flexibility index (Phi) is 7.61. The quantitative estimate of drug-likeness (QED) is 0.237. The minimum atomic E-state index is 0.593. The molecule has 7 nitrogen and oxygen atoms in total. The molecule has 1 N–H and O–H groups in total. The highest BCUT2D eigenvalue weighted by molar-refractivity contribution is 9.10. The van der Waals surface area contributed by atoms with Crippen molar-refractivity contribution in [1.29, 1.82) is 0 Å². The molecule has 2 aromatic heterocycles. The molecule has 4 aromatic rings. The first-order valence-corrected chi connectivity index (χ1v) is 12.8. The van der Waals surface area contributed by atoms with Crippen LogP contribution < -0.4 is 9.64 Å². The van der Waals surface area contributed by atoms with Gasteiger partial charge < -0.3 is 19.3 Å². The average Bonchev–Trinajstić information content (AvgIpc) is 3.30. The smallest absolute Gasteiger partial charge is 0.143 e. The summed E-state index contributed by atoms with van der Waals surface area (Å²) in [5.41, 5.74) is 5.14. The van der Waals surface area contributed by atoms with E-state index in [2.05, 4.69) is 78.3 Å². The van der Waals surface area contributed by atoms with Crippen molar-refractivity contribution in [2.45, 2.75) is 13.0 Å². The number of nitrogens with one attached hydrogen (secondary N) is 1. The highest BCUT2D eigenvalue weighted by Gasteiger charge is 2.19. The van der Waals surface area contributed by atoms with Gasteiger partial charge in [-0.05, 0) is 46.7 Å². The van der Waals surface area contributed by atoms with Crippen LogP contribution in [0.1, 0.15) is 12.0 Å². The van der Waals surface area contributed by atoms with E-state index in [0.717, 1.165) is 70.8 Å². The van der Waals surface area contributed by atoms with Gasteiger partial charge in [0.05, 0.1) is 37.2 Å². The number of halogens is 1. The molecule has 0 aliphatic carbocycles. The van der Waals surface area contributed by atoms with Gasteiger partial charge in [-0.2, -0.15) is 5.10 Å². The number of benzene rings is 2. The third-order valence-electron chi connectivity index (χ3n) is 6.29. The number of anilines is 1. The highest BCUT2D eigenvalue weighted by atomic mass is 79.9. The van der Waals surface area contributed by atoms with E-state index < -0.39 is 0 Å². The largest absolute Gasteiger partial charge is 0.491 e. The third-order valence-corrected chi connectivity index (χ3v) is 6.73. The molecule has 3 heterocycles. The Morgan fingerprint density at radius 3 is 2.66 bits per heavy atom. The number of aromatic nitrogens is 3. The molecule has 1 saturated heterocycles. The van der Waals surface area contributed by atoms with Crippen molar-refractivity contribution < 1.29 is 9.47 Å². The van der Waals surface area contributed by atoms with Crippen molar-refractivity contribution in [3.63, 3.8) is 0 Å². The number of likely N-dealkylation sites (N-methyl/N-ethyl adjacent to an activating group) is 1. The molecule has 2 aromatic carbocycles. The summed E-state index contributed by atoms with van der Waals surface area (Å²) >= 11 is 3.48. The SMILES string of the molecule is CN1CCN(c2ccc(-c3n[nH]c4cnc(Br)cc34)cc2OCCCOCc2ccccc2)CC1. The number of ether oxygens (including phenoxy) is 2. The standard InChI is InChI=1S/C27H30BrN5O2/c1-32-10-12-33(13-11-32)24-9-8-21(27-22-17-26(28)29-18-23(22)30-31-27)16-25(24)35-15-5-14-34-19-20-6-3-2-4-7-20/h2-4,6-9,16-18H,5,10-15,19H2,1H3,(H,30,31). The van der Waals surface area contributed by atoms with E-state index >= 15 is 0 Å². The van der Waals surface area contributed by atoms with Crippen LogP contribution in [-0.2, 0) is 11.3 Å². The van der Waals surface area contributed by atoms with Crippen molar-refractivity contribution in [1.82, 2.24) is 20.1 Å². The number of fused-ring (bicyclic) bond motifs is 1. The fraction of sp³-hybridized carbons (Fsp3) is 0.333. The van der Waals surface area contributed by atoms with Gasteiger partial charge in [0.25, 0.3) is 0 Å². The number of rotatable bonds is 9.